The zero-order valence-electron chi connectivity index (χ0n) is 4.02. The topological polar surface area (TPSA) is 40.5 Å². The maximum Gasteiger partial charge on any atom is 0.762 e. The Kier molecular flexibility index (Phi) is 13.3. The van der Waals surface area contributed by atoms with Gasteiger partial charge < -0.3 is 10.2 Å². The van der Waals surface area contributed by atoms with Crippen LogP contribution in [0.1, 0.15) is 0 Å². The summed E-state index contributed by atoms with van der Waals surface area (Å²) >= 11 is 0. The maximum atomic E-state index is 9.67. The van der Waals surface area contributed by atoms with Gasteiger partial charge in [-0.2, -0.15) is 0 Å². The number of rotatable bonds is 1. The van der Waals surface area contributed by atoms with E-state index in [0.29, 0.717) is 0 Å². The minimum absolute atomic E-state index is 0.125. The average Bonchev–Trinajstić information content (AvgIpc) is 1.65. The average molecular weight is 130 g/mol. The molecule has 0 rings (SSSR count). The number of hydrogen-bond donors (Lipinski definition) is 2. The summed E-state index contributed by atoms with van der Waals surface area (Å²) in [5.74, 6) is 0. The lowest BCUT2D eigenvalue weighted by atomic mass is 10.5. The van der Waals surface area contributed by atoms with Crippen molar-refractivity contribution in [2.24, 2.45) is 0 Å². The van der Waals surface area contributed by atoms with E-state index in [2.05, 4.69) is 0 Å². The van der Waals surface area contributed by atoms with Crippen LogP contribution in [0, 0.1) is 0 Å². The zero-order valence-corrected chi connectivity index (χ0v) is 4.02. The molecule has 0 spiro atoms. The van der Waals surface area contributed by atoms with E-state index >= 15 is 0 Å². The van der Waals surface area contributed by atoms with Crippen LogP contribution in [0.15, 0.2) is 0 Å². The Morgan fingerprint density at radius 2 is 1.12 bits per heavy atom. The van der Waals surface area contributed by atoms with Crippen LogP contribution in [0.3, 0.4) is 0 Å². The highest BCUT2D eigenvalue weighted by molar-refractivity contribution is 6.33. The molecule has 0 aliphatic carbocycles. The SMILES string of the molecule is FB(F)F.OCCO. The van der Waals surface area contributed by atoms with Crippen molar-refractivity contribution >= 4 is 7.54 Å². The first-order chi connectivity index (χ1) is 3.65. The van der Waals surface area contributed by atoms with E-state index in [0.717, 1.165) is 0 Å². The molecule has 0 saturated carbocycles. The minimum Gasteiger partial charge on any atom is -0.394 e. The van der Waals surface area contributed by atoms with Crippen molar-refractivity contribution in [3.05, 3.63) is 0 Å². The minimum atomic E-state index is -3.67. The summed E-state index contributed by atoms with van der Waals surface area (Å²) < 4.78 is 29.0. The monoisotopic (exact) mass is 130 g/mol. The van der Waals surface area contributed by atoms with Gasteiger partial charge in [0, 0.05) is 0 Å². The number of hydrogen-bond acceptors (Lipinski definition) is 2. The fourth-order valence-corrected chi connectivity index (χ4v) is 0. The van der Waals surface area contributed by atoms with E-state index in [9.17, 15) is 12.9 Å². The molecule has 6 heteroatoms. The van der Waals surface area contributed by atoms with Crippen molar-refractivity contribution in [1.82, 2.24) is 0 Å². The first-order valence-electron chi connectivity index (χ1n) is 1.79. The molecular weight excluding hydrogens is 124 g/mol. The third-order valence-electron chi connectivity index (χ3n) is 0.1000. The van der Waals surface area contributed by atoms with E-state index in [4.69, 9.17) is 10.2 Å². The summed E-state index contributed by atoms with van der Waals surface area (Å²) in [5.41, 5.74) is 0. The second-order valence-electron chi connectivity index (χ2n) is 0.695. The lowest BCUT2D eigenvalue weighted by Crippen LogP contribution is -1.85. The molecule has 2 nitrogen and oxygen atoms in total. The van der Waals surface area contributed by atoms with Gasteiger partial charge in [-0.25, -0.2) is 0 Å². The Morgan fingerprint density at radius 3 is 1.12 bits per heavy atom. The molecule has 0 atom stereocenters. The van der Waals surface area contributed by atoms with Crippen LogP contribution in [0.25, 0.3) is 0 Å². The second-order valence-corrected chi connectivity index (χ2v) is 0.695. The first kappa shape index (κ1) is 10.7. The smallest absolute Gasteiger partial charge is 0.394 e. The van der Waals surface area contributed by atoms with Crippen molar-refractivity contribution < 1.29 is 23.2 Å². The fourth-order valence-electron chi connectivity index (χ4n) is 0. The van der Waals surface area contributed by atoms with Crippen molar-refractivity contribution in [1.29, 1.82) is 0 Å². The fraction of sp³-hybridized carbons (Fsp3) is 1.00. The molecule has 0 unspecified atom stereocenters. The Balaban J connectivity index is 0. The van der Waals surface area contributed by atoms with Gasteiger partial charge in [-0.15, -0.1) is 0 Å². The molecule has 0 heterocycles. The van der Waals surface area contributed by atoms with E-state index in [-0.39, 0.29) is 13.2 Å². The van der Waals surface area contributed by atoms with E-state index in [1.165, 1.54) is 0 Å². The summed E-state index contributed by atoms with van der Waals surface area (Å²) in [7, 11) is -3.67. The molecule has 0 aromatic carbocycles. The third-order valence-corrected chi connectivity index (χ3v) is 0.1000. The van der Waals surface area contributed by atoms with Crippen molar-refractivity contribution in [2.45, 2.75) is 0 Å². The third kappa shape index (κ3) is 219. The van der Waals surface area contributed by atoms with E-state index in [1.807, 2.05) is 0 Å². The summed E-state index contributed by atoms with van der Waals surface area (Å²) in [6.07, 6.45) is 0. The molecule has 0 fully saturated rings. The molecule has 0 bridgehead atoms. The van der Waals surface area contributed by atoms with Gasteiger partial charge in [-0.1, -0.05) is 0 Å². The second kappa shape index (κ2) is 9.91. The summed E-state index contributed by atoms with van der Waals surface area (Å²) in [6, 6.07) is 0. The first-order valence-corrected chi connectivity index (χ1v) is 1.79. The largest absolute Gasteiger partial charge is 0.762 e. The van der Waals surface area contributed by atoms with Crippen LogP contribution in [0.5, 0.6) is 0 Å². The van der Waals surface area contributed by atoms with Gasteiger partial charge in [0.1, 0.15) is 0 Å². The summed E-state index contributed by atoms with van der Waals surface area (Å²) in [4.78, 5) is 0. The van der Waals surface area contributed by atoms with Crippen LogP contribution in [-0.2, 0) is 0 Å². The predicted octanol–water partition coefficient (Wildman–Crippen LogP) is -0.149. The normalized spacial score (nSPS) is 7.12. The van der Waals surface area contributed by atoms with Gasteiger partial charge in [0.2, 0.25) is 0 Å². The molecular formula is C2H6BF3O2. The molecule has 0 aliphatic heterocycles. The quantitative estimate of drug-likeness (QED) is 0.484. The molecule has 2 N–H and O–H groups in total. The van der Waals surface area contributed by atoms with Crippen LogP contribution < -0.4 is 0 Å². The molecule has 0 aromatic heterocycles. The standard InChI is InChI=1S/C2H6O2.BF3/c3-1-2-4;2-1(3)4/h3-4H,1-2H2;. The molecule has 0 amide bonds. The number of aliphatic hydroxyl groups is 2. The Labute approximate surface area is 45.2 Å². The lowest BCUT2D eigenvalue weighted by molar-refractivity contribution is 0.186. The maximum absolute atomic E-state index is 9.67. The van der Waals surface area contributed by atoms with E-state index in [1.54, 1.807) is 0 Å². The lowest BCUT2D eigenvalue weighted by Gasteiger charge is -1.70. The van der Waals surface area contributed by atoms with Gasteiger partial charge >= 0.3 is 7.54 Å². The van der Waals surface area contributed by atoms with Crippen LogP contribution >= 0.6 is 0 Å². The van der Waals surface area contributed by atoms with Crippen molar-refractivity contribution in [2.75, 3.05) is 13.2 Å². The highest BCUT2D eigenvalue weighted by Gasteiger charge is 2.06. The molecule has 8 heavy (non-hydrogen) atoms. The van der Waals surface area contributed by atoms with Gasteiger partial charge in [-0.3, -0.25) is 12.9 Å². The van der Waals surface area contributed by atoms with Gasteiger partial charge in [-0.05, 0) is 0 Å². The highest BCUT2D eigenvalue weighted by Crippen LogP contribution is 1.80. The zero-order chi connectivity index (χ0) is 6.99. The van der Waals surface area contributed by atoms with Crippen LogP contribution in [0.4, 0.5) is 12.9 Å². The molecule has 0 saturated heterocycles. The number of halogens is 3. The van der Waals surface area contributed by atoms with Crippen molar-refractivity contribution in [3.8, 4) is 0 Å². The molecule has 50 valence electrons. The Morgan fingerprint density at radius 1 is 1.00 bits per heavy atom. The van der Waals surface area contributed by atoms with E-state index < -0.39 is 7.54 Å². The molecule has 0 aromatic rings. The number of aliphatic hydroxyl groups excluding tert-OH is 2. The van der Waals surface area contributed by atoms with Crippen LogP contribution in [0.2, 0.25) is 0 Å². The Bertz CT molecular complexity index is 31.7. The van der Waals surface area contributed by atoms with Gasteiger partial charge in [0.05, 0.1) is 13.2 Å². The van der Waals surface area contributed by atoms with Gasteiger partial charge in [0.15, 0.2) is 0 Å². The Hall–Kier alpha value is -0.225. The highest BCUT2D eigenvalue weighted by atomic mass is 19.4. The predicted molar refractivity (Wildman–Crippen MR) is 23.2 cm³/mol. The van der Waals surface area contributed by atoms with Crippen LogP contribution in [-0.4, -0.2) is 31.0 Å². The molecule has 0 aliphatic rings. The summed E-state index contributed by atoms with van der Waals surface area (Å²) in [6.45, 7) is -0.250. The van der Waals surface area contributed by atoms with Crippen molar-refractivity contribution in [3.63, 3.8) is 0 Å². The molecule has 0 radical (unpaired) electrons. The summed E-state index contributed by atoms with van der Waals surface area (Å²) in [5, 5.41) is 15.2. The van der Waals surface area contributed by atoms with Gasteiger partial charge in [0.25, 0.3) is 0 Å².